The number of carbonyl (C=O) groups excluding carboxylic acids is 2. The third kappa shape index (κ3) is 16.2. The first-order valence-electron chi connectivity index (χ1n) is 17.9. The van der Waals surface area contributed by atoms with Gasteiger partial charge in [-0.1, -0.05) is 104 Å². The van der Waals surface area contributed by atoms with Gasteiger partial charge in [-0.3, -0.25) is 18.7 Å². The first kappa shape index (κ1) is 48.3. The van der Waals surface area contributed by atoms with Gasteiger partial charge >= 0.3 is 10.4 Å². The average Bonchev–Trinajstić information content (AvgIpc) is 3.20. The highest BCUT2D eigenvalue weighted by Gasteiger charge is 2.16. The van der Waals surface area contributed by atoms with Gasteiger partial charge in [0.05, 0.1) is 22.0 Å². The fraction of sp³-hybridized carbons (Fsp3) is 0.150. The van der Waals surface area contributed by atoms with E-state index in [9.17, 15) is 9.59 Å². The Balaban J connectivity index is 0.000000242. The molecular formula is C40H40Br2Cl2N10O6S. The normalized spacial score (nSPS) is 10.7. The Labute approximate surface area is 378 Å². The molecule has 0 atom stereocenters. The molecule has 12 N–H and O–H groups in total. The minimum absolute atomic E-state index is 0.0905. The molecule has 6 aromatic rings. The van der Waals surface area contributed by atoms with E-state index >= 15 is 0 Å². The second kappa shape index (κ2) is 23.0. The number of amides is 2. The number of aryl methyl sites for hydroxylation is 4. The van der Waals surface area contributed by atoms with Crippen LogP contribution in [0.15, 0.2) is 97.1 Å². The molecule has 0 aliphatic carbocycles. The van der Waals surface area contributed by atoms with Crippen LogP contribution < -0.4 is 33.6 Å². The van der Waals surface area contributed by atoms with E-state index in [0.717, 1.165) is 69.0 Å². The summed E-state index contributed by atoms with van der Waals surface area (Å²) in [5, 5.41) is 7.40. The van der Waals surface area contributed by atoms with Crippen LogP contribution in [0.4, 0.5) is 34.9 Å². The number of hydrogen-bond acceptors (Lipinski definition) is 12. The summed E-state index contributed by atoms with van der Waals surface area (Å²) in [7, 11) is -4.67. The molecule has 2 heterocycles. The van der Waals surface area contributed by atoms with Gasteiger partial charge < -0.3 is 33.6 Å². The van der Waals surface area contributed by atoms with E-state index in [2.05, 4.69) is 62.4 Å². The number of nitrogens with one attached hydrogen (secondary N) is 2. The summed E-state index contributed by atoms with van der Waals surface area (Å²) in [4.78, 5) is 39.9. The van der Waals surface area contributed by atoms with Gasteiger partial charge in [-0.25, -0.2) is 9.97 Å². The second-order valence-corrected chi connectivity index (χ2v) is 15.7. The minimum Gasteiger partial charge on any atom is -0.383 e. The van der Waals surface area contributed by atoms with Crippen molar-refractivity contribution in [3.8, 4) is 22.3 Å². The van der Waals surface area contributed by atoms with Crippen LogP contribution >= 0.6 is 55.1 Å². The number of nitrogens with two attached hydrogens (primary N) is 4. The number of hydrogen-bond donors (Lipinski definition) is 8. The Morgan fingerprint density at radius 2 is 0.852 bits per heavy atom. The molecule has 0 saturated carbocycles. The molecule has 0 aliphatic rings. The van der Waals surface area contributed by atoms with Crippen molar-refractivity contribution in [3.63, 3.8) is 0 Å². The quantitative estimate of drug-likeness (QED) is 0.0435. The third-order valence-corrected chi connectivity index (χ3v) is 9.87. The smallest absolute Gasteiger partial charge is 0.383 e. The van der Waals surface area contributed by atoms with Crippen molar-refractivity contribution in [2.45, 2.75) is 25.7 Å². The van der Waals surface area contributed by atoms with E-state index in [1.165, 1.54) is 0 Å². The summed E-state index contributed by atoms with van der Waals surface area (Å²) < 4.78 is 31.6. The van der Waals surface area contributed by atoms with Gasteiger partial charge in [-0.15, -0.1) is 0 Å². The lowest BCUT2D eigenvalue weighted by Crippen LogP contribution is -2.12. The molecule has 0 saturated heterocycles. The van der Waals surface area contributed by atoms with Crippen molar-refractivity contribution in [1.82, 2.24) is 19.9 Å². The maximum atomic E-state index is 11.4. The zero-order valence-electron chi connectivity index (χ0n) is 32.0. The van der Waals surface area contributed by atoms with Crippen molar-refractivity contribution in [1.29, 1.82) is 0 Å². The van der Waals surface area contributed by atoms with Crippen LogP contribution in [0.2, 0.25) is 10.0 Å². The molecule has 21 heteroatoms. The standard InChI is InChI=1S/2C20H19BrClN5O.H2O4S/c2*21-11-17(28)25-15-8-1-12(2-9-15)3-10-16-18(19(23)27-20(24)26-16)13-4-6-14(22)7-5-13;1-5(2,3)4/h2*1-2,4-9H,3,10-11H2,(H,25,28)(H4,23,24,26,27);(H2,1,2,3,4). The summed E-state index contributed by atoms with van der Waals surface area (Å²) >= 11 is 18.2. The highest BCUT2D eigenvalue weighted by Crippen LogP contribution is 2.32. The maximum Gasteiger partial charge on any atom is 0.394 e. The molecule has 0 aliphatic heterocycles. The minimum atomic E-state index is -4.67. The van der Waals surface area contributed by atoms with E-state index < -0.39 is 10.4 Å². The fourth-order valence-electron chi connectivity index (χ4n) is 5.74. The number of alkyl halides is 2. The van der Waals surface area contributed by atoms with Crippen LogP contribution in [0.1, 0.15) is 22.5 Å². The Bertz CT molecular complexity index is 2370. The Kier molecular flexibility index (Phi) is 18.2. The maximum absolute atomic E-state index is 11.4. The molecule has 0 radical (unpaired) electrons. The molecule has 4 aromatic carbocycles. The van der Waals surface area contributed by atoms with Crippen LogP contribution in [0.3, 0.4) is 0 Å². The topological polar surface area (TPSA) is 288 Å². The Morgan fingerprint density at radius 3 is 1.15 bits per heavy atom. The molecule has 0 spiro atoms. The van der Waals surface area contributed by atoms with Crippen LogP contribution in [-0.2, 0) is 45.7 Å². The molecule has 2 amide bonds. The van der Waals surface area contributed by atoms with Crippen molar-refractivity contribution in [2.75, 3.05) is 44.2 Å². The van der Waals surface area contributed by atoms with E-state index in [1.54, 1.807) is 24.3 Å². The third-order valence-electron chi connectivity index (χ3n) is 8.34. The zero-order valence-corrected chi connectivity index (χ0v) is 37.5. The van der Waals surface area contributed by atoms with E-state index in [-0.39, 0.29) is 34.4 Å². The summed E-state index contributed by atoms with van der Waals surface area (Å²) in [5.41, 5.74) is 32.5. The first-order chi connectivity index (χ1) is 28.9. The molecular weight excluding hydrogens is 979 g/mol. The summed E-state index contributed by atoms with van der Waals surface area (Å²) in [6.07, 6.45) is 2.76. The lowest BCUT2D eigenvalue weighted by Gasteiger charge is -2.12. The van der Waals surface area contributed by atoms with Gasteiger partial charge in [0.2, 0.25) is 23.7 Å². The predicted molar refractivity (Wildman–Crippen MR) is 249 cm³/mol. The van der Waals surface area contributed by atoms with Crippen LogP contribution in [-0.4, -0.2) is 59.9 Å². The summed E-state index contributed by atoms with van der Waals surface area (Å²) in [5.74, 6) is 0.811. The van der Waals surface area contributed by atoms with Crippen LogP contribution in [0.5, 0.6) is 0 Å². The van der Waals surface area contributed by atoms with Gasteiger partial charge in [0.1, 0.15) is 11.6 Å². The molecule has 0 unspecified atom stereocenters. The molecule has 2 aromatic heterocycles. The zero-order chi connectivity index (χ0) is 44.7. The Hall–Kier alpha value is -5.41. The SMILES string of the molecule is Nc1nc(N)c(-c2ccc(Cl)cc2)c(CCc2ccc(NC(=O)CBr)cc2)n1.Nc1nc(N)c(-c2ccc(Cl)cc2)c(CCc2ccc(NC(=O)CBr)cc2)n1.O=S(=O)(O)O. The highest BCUT2D eigenvalue weighted by molar-refractivity contribution is 9.09. The van der Waals surface area contributed by atoms with Gasteiger partial charge in [-0.2, -0.15) is 18.4 Å². The molecule has 6 rings (SSSR count). The number of carbonyl (C=O) groups is 2. The van der Waals surface area contributed by atoms with Crippen LogP contribution in [0, 0.1) is 0 Å². The predicted octanol–water partition coefficient (Wildman–Crippen LogP) is 7.51. The van der Waals surface area contributed by atoms with Gasteiger partial charge in [0.25, 0.3) is 0 Å². The lowest BCUT2D eigenvalue weighted by molar-refractivity contribution is -0.114. The monoisotopic (exact) mass is 1020 g/mol. The van der Waals surface area contributed by atoms with E-state index in [0.29, 0.717) is 34.5 Å². The fourth-order valence-corrected chi connectivity index (χ4v) is 6.27. The summed E-state index contributed by atoms with van der Waals surface area (Å²) in [6, 6.07) is 30.1. The highest BCUT2D eigenvalue weighted by atomic mass is 79.9. The number of rotatable bonds is 12. The van der Waals surface area contributed by atoms with Crippen molar-refractivity contribution < 1.29 is 27.1 Å². The molecule has 16 nitrogen and oxygen atoms in total. The number of anilines is 6. The van der Waals surface area contributed by atoms with Gasteiger partial charge in [0.15, 0.2) is 0 Å². The first-order valence-corrected chi connectivity index (χ1v) is 22.3. The number of nitrogens with zero attached hydrogens (tertiary/aromatic N) is 4. The van der Waals surface area contributed by atoms with Gasteiger partial charge in [-0.05, 0) is 96.5 Å². The van der Waals surface area contributed by atoms with E-state index in [1.807, 2.05) is 72.8 Å². The van der Waals surface area contributed by atoms with E-state index in [4.69, 9.17) is 63.7 Å². The van der Waals surface area contributed by atoms with Crippen molar-refractivity contribution in [3.05, 3.63) is 130 Å². The van der Waals surface area contributed by atoms with Gasteiger partial charge in [0, 0.05) is 32.5 Å². The molecule has 61 heavy (non-hydrogen) atoms. The van der Waals surface area contributed by atoms with Crippen LogP contribution in [0.25, 0.3) is 22.3 Å². The number of halogens is 4. The summed E-state index contributed by atoms with van der Waals surface area (Å²) in [6.45, 7) is 0. The largest absolute Gasteiger partial charge is 0.394 e. The Morgan fingerprint density at radius 1 is 0.541 bits per heavy atom. The van der Waals surface area contributed by atoms with Crippen molar-refractivity contribution >= 4 is 112 Å². The second-order valence-electron chi connectivity index (χ2n) is 12.8. The number of aromatic nitrogens is 4. The molecule has 320 valence electrons. The molecule has 0 fully saturated rings. The number of benzene rings is 4. The lowest BCUT2D eigenvalue weighted by atomic mass is 9.99. The molecule has 0 bridgehead atoms. The van der Waals surface area contributed by atoms with Crippen molar-refractivity contribution in [2.24, 2.45) is 0 Å². The number of nitrogen functional groups attached to an aromatic ring is 4. The average molecular weight is 1020 g/mol.